The molecule has 0 radical (unpaired) electrons. The maximum atomic E-state index is 12.8. The van der Waals surface area contributed by atoms with Gasteiger partial charge in [0.2, 0.25) is 0 Å². The molecule has 0 spiro atoms. The van der Waals surface area contributed by atoms with E-state index in [1.807, 2.05) is 0 Å². The Bertz CT molecular complexity index is 1250. The van der Waals surface area contributed by atoms with Gasteiger partial charge in [0.15, 0.2) is 6.10 Å². The lowest BCUT2D eigenvalue weighted by molar-refractivity contribution is -0.167. The van der Waals surface area contributed by atoms with Gasteiger partial charge in [-0.1, -0.05) is 202 Å². The minimum atomic E-state index is -0.794. The van der Waals surface area contributed by atoms with E-state index >= 15 is 0 Å². The number of esters is 3. The fourth-order valence-electron chi connectivity index (χ4n) is 7.11. The zero-order valence-electron chi connectivity index (χ0n) is 41.8. The molecule has 0 aliphatic heterocycles. The van der Waals surface area contributed by atoms with Crippen LogP contribution in [0.15, 0.2) is 85.1 Å². The summed E-state index contributed by atoms with van der Waals surface area (Å²) >= 11 is 0. The van der Waals surface area contributed by atoms with Crippen LogP contribution in [0.1, 0.15) is 245 Å². The van der Waals surface area contributed by atoms with Crippen LogP contribution >= 0.6 is 0 Å². The number of allylic oxidation sites excluding steroid dienone is 14. The lowest BCUT2D eigenvalue weighted by atomic mass is 10.1. The zero-order chi connectivity index (χ0) is 46.5. The number of unbranched alkanes of at least 4 members (excludes halogenated alkanes) is 22. The fraction of sp³-hybridized carbons (Fsp3) is 0.707. The normalized spacial score (nSPS) is 12.7. The first kappa shape index (κ1) is 60.6. The predicted molar refractivity (Wildman–Crippen MR) is 274 cm³/mol. The Balaban J connectivity index is 4.37. The first-order valence-electron chi connectivity index (χ1n) is 26.6. The van der Waals surface area contributed by atoms with Gasteiger partial charge in [-0.25, -0.2) is 0 Å². The van der Waals surface area contributed by atoms with E-state index in [1.54, 1.807) is 0 Å². The molecular formula is C58H98O6. The first-order valence-corrected chi connectivity index (χ1v) is 26.6. The van der Waals surface area contributed by atoms with Crippen molar-refractivity contribution in [1.82, 2.24) is 0 Å². The van der Waals surface area contributed by atoms with Crippen molar-refractivity contribution in [3.05, 3.63) is 85.1 Å². The van der Waals surface area contributed by atoms with Crippen LogP contribution < -0.4 is 0 Å². The van der Waals surface area contributed by atoms with E-state index in [4.69, 9.17) is 14.2 Å². The Morgan fingerprint density at radius 2 is 0.641 bits per heavy atom. The second-order valence-electron chi connectivity index (χ2n) is 17.4. The van der Waals surface area contributed by atoms with Crippen LogP contribution in [-0.4, -0.2) is 37.2 Å². The number of hydrogen-bond donors (Lipinski definition) is 0. The van der Waals surface area contributed by atoms with E-state index < -0.39 is 6.10 Å². The lowest BCUT2D eigenvalue weighted by Crippen LogP contribution is -2.30. The van der Waals surface area contributed by atoms with E-state index in [0.29, 0.717) is 19.3 Å². The average Bonchev–Trinajstić information content (AvgIpc) is 3.29. The third kappa shape index (κ3) is 49.6. The molecule has 0 saturated carbocycles. The number of ether oxygens (including phenoxy) is 3. The Labute approximate surface area is 395 Å². The minimum Gasteiger partial charge on any atom is -0.462 e. The highest BCUT2D eigenvalue weighted by atomic mass is 16.6. The molecular weight excluding hydrogens is 793 g/mol. The van der Waals surface area contributed by atoms with Gasteiger partial charge in [-0.2, -0.15) is 0 Å². The van der Waals surface area contributed by atoms with Crippen molar-refractivity contribution < 1.29 is 28.6 Å². The van der Waals surface area contributed by atoms with Gasteiger partial charge >= 0.3 is 17.9 Å². The topological polar surface area (TPSA) is 78.9 Å². The molecule has 0 bridgehead atoms. The molecule has 1 atom stereocenters. The largest absolute Gasteiger partial charge is 0.462 e. The van der Waals surface area contributed by atoms with E-state index in [2.05, 4.69) is 106 Å². The van der Waals surface area contributed by atoms with Gasteiger partial charge in [0, 0.05) is 19.3 Å². The molecule has 366 valence electrons. The number of rotatable bonds is 47. The molecule has 0 aliphatic rings. The van der Waals surface area contributed by atoms with Gasteiger partial charge in [-0.3, -0.25) is 14.4 Å². The van der Waals surface area contributed by atoms with Crippen molar-refractivity contribution in [3.63, 3.8) is 0 Å². The monoisotopic (exact) mass is 891 g/mol. The van der Waals surface area contributed by atoms with Crippen LogP contribution in [0.2, 0.25) is 0 Å². The molecule has 0 heterocycles. The average molecular weight is 891 g/mol. The Morgan fingerprint density at radius 3 is 1.03 bits per heavy atom. The SMILES string of the molecule is CC/C=C\C/C=C\C/C=C\CCCCCCCC(=O)OC(COC(=O)CCCCCCC/C=C\CCC)COC(=O)CCCCCCCC/C=C\C/C=C\C/C=C\CCCCCCC. The predicted octanol–water partition coefficient (Wildman–Crippen LogP) is 17.6. The van der Waals surface area contributed by atoms with E-state index in [9.17, 15) is 14.4 Å². The lowest BCUT2D eigenvalue weighted by Gasteiger charge is -2.18. The summed E-state index contributed by atoms with van der Waals surface area (Å²) in [6.07, 6.45) is 67.1. The molecule has 0 rings (SSSR count). The van der Waals surface area contributed by atoms with E-state index in [0.717, 1.165) is 135 Å². The van der Waals surface area contributed by atoms with Gasteiger partial charge in [-0.05, 0) is 109 Å². The quantitative estimate of drug-likeness (QED) is 0.0262. The smallest absolute Gasteiger partial charge is 0.306 e. The summed E-state index contributed by atoms with van der Waals surface area (Å²) in [5.41, 5.74) is 0. The highest BCUT2D eigenvalue weighted by Gasteiger charge is 2.19. The molecule has 0 aliphatic carbocycles. The van der Waals surface area contributed by atoms with Crippen LogP contribution in [0.25, 0.3) is 0 Å². The van der Waals surface area contributed by atoms with Crippen molar-refractivity contribution >= 4 is 17.9 Å². The molecule has 0 amide bonds. The summed E-state index contributed by atoms with van der Waals surface area (Å²) in [7, 11) is 0. The minimum absolute atomic E-state index is 0.0932. The molecule has 0 fully saturated rings. The number of carbonyl (C=O) groups excluding carboxylic acids is 3. The number of hydrogen-bond acceptors (Lipinski definition) is 6. The highest BCUT2D eigenvalue weighted by Crippen LogP contribution is 2.14. The summed E-state index contributed by atoms with van der Waals surface area (Å²) in [6.45, 7) is 6.42. The van der Waals surface area contributed by atoms with Gasteiger partial charge < -0.3 is 14.2 Å². The third-order valence-electron chi connectivity index (χ3n) is 11.1. The molecule has 0 aromatic rings. The summed E-state index contributed by atoms with van der Waals surface area (Å²) in [6, 6.07) is 0. The number of carbonyl (C=O) groups is 3. The van der Waals surface area contributed by atoms with Crippen LogP contribution in [0.5, 0.6) is 0 Å². The standard InChI is InChI=1S/C58H98O6/c1-4-7-10-13-16-19-22-24-26-27-28-29-30-31-33-34-36-39-42-45-48-51-57(60)63-54-55(53-62-56(59)50-47-44-41-38-21-18-15-12-9-6-3)64-58(61)52-49-46-43-40-37-35-32-25-23-20-17-14-11-8-5-2/h8,11-12,15,17,20,22,24-25,27-28,30-32,55H,4-7,9-10,13-14,16,18-19,21,23,26,29,33-54H2,1-3H3/b11-8-,15-12-,20-17-,24-22-,28-27-,31-30-,32-25-. The van der Waals surface area contributed by atoms with Gasteiger partial charge in [0.25, 0.3) is 0 Å². The fourth-order valence-corrected chi connectivity index (χ4v) is 7.11. The van der Waals surface area contributed by atoms with Crippen LogP contribution in [0.3, 0.4) is 0 Å². The molecule has 64 heavy (non-hydrogen) atoms. The van der Waals surface area contributed by atoms with Crippen LogP contribution in [0.4, 0.5) is 0 Å². The maximum absolute atomic E-state index is 12.8. The molecule has 0 aromatic heterocycles. The van der Waals surface area contributed by atoms with Crippen molar-refractivity contribution in [2.24, 2.45) is 0 Å². The van der Waals surface area contributed by atoms with Crippen molar-refractivity contribution in [2.45, 2.75) is 252 Å². The molecule has 0 N–H and O–H groups in total. The molecule has 0 saturated heterocycles. The van der Waals surface area contributed by atoms with E-state index in [-0.39, 0.29) is 31.1 Å². The molecule has 6 nitrogen and oxygen atoms in total. The van der Waals surface area contributed by atoms with Crippen LogP contribution in [0, 0.1) is 0 Å². The van der Waals surface area contributed by atoms with Crippen molar-refractivity contribution in [3.8, 4) is 0 Å². The Morgan fingerprint density at radius 1 is 0.328 bits per heavy atom. The van der Waals surface area contributed by atoms with Crippen molar-refractivity contribution in [1.29, 1.82) is 0 Å². The zero-order valence-corrected chi connectivity index (χ0v) is 41.8. The summed E-state index contributed by atoms with van der Waals surface area (Å²) < 4.78 is 16.8. The second-order valence-corrected chi connectivity index (χ2v) is 17.4. The maximum Gasteiger partial charge on any atom is 0.306 e. The van der Waals surface area contributed by atoms with Gasteiger partial charge in [-0.15, -0.1) is 0 Å². The molecule has 0 aromatic carbocycles. The Kier molecular flexibility index (Phi) is 49.4. The molecule has 1 unspecified atom stereocenters. The summed E-state index contributed by atoms with van der Waals surface area (Å²) in [4.78, 5) is 38.0. The Hall–Kier alpha value is -3.41. The summed E-state index contributed by atoms with van der Waals surface area (Å²) in [5, 5.41) is 0. The van der Waals surface area contributed by atoms with Crippen LogP contribution in [-0.2, 0) is 28.6 Å². The summed E-state index contributed by atoms with van der Waals surface area (Å²) in [5.74, 6) is -0.934. The second kappa shape index (κ2) is 52.2. The van der Waals surface area contributed by atoms with Gasteiger partial charge in [0.1, 0.15) is 13.2 Å². The van der Waals surface area contributed by atoms with Gasteiger partial charge in [0.05, 0.1) is 0 Å². The highest BCUT2D eigenvalue weighted by molar-refractivity contribution is 5.71. The van der Waals surface area contributed by atoms with Crippen molar-refractivity contribution in [2.75, 3.05) is 13.2 Å². The van der Waals surface area contributed by atoms with E-state index in [1.165, 1.54) is 70.6 Å². The molecule has 6 heteroatoms. The third-order valence-corrected chi connectivity index (χ3v) is 11.1. The first-order chi connectivity index (χ1) is 31.5.